The highest BCUT2D eigenvalue weighted by Crippen LogP contribution is 2.31. The summed E-state index contributed by atoms with van der Waals surface area (Å²) in [6, 6.07) is 1.54. The van der Waals surface area contributed by atoms with Crippen LogP contribution in [0, 0.1) is 23.4 Å². The fraction of sp³-hybridized carbons (Fsp3) is 0.333. The molecule has 1 aromatic carbocycles. The van der Waals surface area contributed by atoms with Crippen LogP contribution < -0.4 is 16.6 Å². The molecule has 0 aliphatic carbocycles. The molecule has 0 unspecified atom stereocenters. The van der Waals surface area contributed by atoms with Gasteiger partial charge in [-0.2, -0.15) is 4.98 Å². The molecule has 3 aromatic rings. The summed E-state index contributed by atoms with van der Waals surface area (Å²) in [4.78, 5) is 32.9. The number of nitrogens with zero attached hydrogens (tertiary/aromatic N) is 3. The molecule has 2 heterocycles. The minimum absolute atomic E-state index is 0.00908. The number of hydrogen-bond donors (Lipinski definition) is 2. The Kier molecular flexibility index (Phi) is 6.01. The summed E-state index contributed by atoms with van der Waals surface area (Å²) in [7, 11) is 0. The zero-order valence-electron chi connectivity index (χ0n) is 17.5. The van der Waals surface area contributed by atoms with E-state index in [9.17, 15) is 22.8 Å². The number of aromatic nitrogens is 3. The normalized spacial score (nSPS) is 11.5. The monoisotopic (exact) mass is 433 g/mol. The first kappa shape index (κ1) is 22.3. The van der Waals surface area contributed by atoms with Crippen molar-refractivity contribution in [1.82, 2.24) is 14.5 Å². The number of anilines is 2. The average molecular weight is 433 g/mol. The first-order valence-electron chi connectivity index (χ1n) is 9.66. The van der Waals surface area contributed by atoms with Gasteiger partial charge in [-0.3, -0.25) is 14.2 Å². The van der Waals surface area contributed by atoms with Crippen LogP contribution in [0.4, 0.5) is 24.8 Å². The number of hydrogen-bond acceptors (Lipinski definition) is 5. The third-order valence-corrected chi connectivity index (χ3v) is 4.61. The van der Waals surface area contributed by atoms with E-state index in [1.54, 1.807) is 27.7 Å². The number of halogens is 3. The van der Waals surface area contributed by atoms with Gasteiger partial charge in [0, 0.05) is 29.6 Å². The summed E-state index contributed by atoms with van der Waals surface area (Å²) in [6.07, 6.45) is 1.35. The number of fused-ring (bicyclic) bond motifs is 1. The highest BCUT2D eigenvalue weighted by molar-refractivity contribution is 5.91. The molecule has 0 saturated carbocycles. The second kappa shape index (κ2) is 8.37. The van der Waals surface area contributed by atoms with Gasteiger partial charge >= 0.3 is 0 Å². The predicted octanol–water partition coefficient (Wildman–Crippen LogP) is 4.02. The van der Waals surface area contributed by atoms with Crippen molar-refractivity contribution in [3.05, 3.63) is 46.1 Å². The smallest absolute Gasteiger partial charge is 0.260 e. The van der Waals surface area contributed by atoms with Gasteiger partial charge in [0.15, 0.2) is 17.5 Å². The van der Waals surface area contributed by atoms with Crippen molar-refractivity contribution in [2.75, 3.05) is 11.1 Å². The van der Waals surface area contributed by atoms with E-state index in [1.165, 1.54) is 16.8 Å². The van der Waals surface area contributed by atoms with E-state index in [0.29, 0.717) is 11.5 Å². The van der Waals surface area contributed by atoms with Crippen LogP contribution in [0.3, 0.4) is 0 Å². The molecule has 0 saturated heterocycles. The van der Waals surface area contributed by atoms with E-state index < -0.39 is 46.2 Å². The Hall–Kier alpha value is -3.43. The molecule has 0 bridgehead atoms. The molecule has 3 N–H and O–H groups in total. The fourth-order valence-electron chi connectivity index (χ4n) is 3.27. The minimum Gasteiger partial charge on any atom is -0.368 e. The van der Waals surface area contributed by atoms with Crippen LogP contribution in [0.1, 0.15) is 40.2 Å². The number of pyridine rings is 1. The molecule has 0 atom stereocenters. The Labute approximate surface area is 176 Å². The van der Waals surface area contributed by atoms with Crippen molar-refractivity contribution >= 4 is 28.6 Å². The van der Waals surface area contributed by atoms with Crippen molar-refractivity contribution in [3.8, 4) is 11.1 Å². The molecular weight excluding hydrogens is 411 g/mol. The van der Waals surface area contributed by atoms with Gasteiger partial charge in [0.2, 0.25) is 11.9 Å². The van der Waals surface area contributed by atoms with E-state index in [1.807, 2.05) is 0 Å². The summed E-state index contributed by atoms with van der Waals surface area (Å²) in [5, 5.41) is 2.40. The Morgan fingerprint density at radius 2 is 1.81 bits per heavy atom. The maximum absolute atomic E-state index is 14.9. The predicted molar refractivity (Wildman–Crippen MR) is 112 cm³/mol. The van der Waals surface area contributed by atoms with E-state index in [2.05, 4.69) is 15.3 Å². The Morgan fingerprint density at radius 3 is 2.42 bits per heavy atom. The van der Waals surface area contributed by atoms with E-state index in [4.69, 9.17) is 5.73 Å². The third kappa shape index (κ3) is 4.23. The Morgan fingerprint density at radius 1 is 1.13 bits per heavy atom. The summed E-state index contributed by atoms with van der Waals surface area (Å²) in [5.74, 6) is -5.00. The minimum atomic E-state index is -1.59. The van der Waals surface area contributed by atoms with Gasteiger partial charge in [-0.05, 0) is 31.9 Å². The first-order valence-corrected chi connectivity index (χ1v) is 9.66. The average Bonchev–Trinajstić information content (AvgIpc) is 2.67. The lowest BCUT2D eigenvalue weighted by molar-refractivity contribution is -0.116. The lowest BCUT2D eigenvalue weighted by Gasteiger charge is -2.17. The van der Waals surface area contributed by atoms with Crippen molar-refractivity contribution in [3.63, 3.8) is 0 Å². The molecule has 0 fully saturated rings. The van der Waals surface area contributed by atoms with Gasteiger partial charge in [-0.15, -0.1) is 0 Å². The Balaban J connectivity index is 2.22. The zero-order chi connectivity index (χ0) is 23.0. The topological polar surface area (TPSA) is 103 Å². The summed E-state index contributed by atoms with van der Waals surface area (Å²) >= 11 is 0. The lowest BCUT2D eigenvalue weighted by Crippen LogP contribution is -2.25. The molecule has 0 aliphatic rings. The molecular formula is C21H22F3N5O2. The number of benzene rings is 1. The molecule has 0 radical (unpaired) electrons. The van der Waals surface area contributed by atoms with Crippen LogP contribution in [0.5, 0.6) is 0 Å². The molecule has 31 heavy (non-hydrogen) atoms. The SMILES string of the molecule is CC(C)CC(=O)Nc1c(F)cc(-c2cc3cnc(N)nc3n(C(C)C)c2=O)c(F)c1F. The van der Waals surface area contributed by atoms with Crippen LogP contribution in [-0.4, -0.2) is 20.4 Å². The molecule has 1 amide bonds. The van der Waals surface area contributed by atoms with Crippen molar-refractivity contribution < 1.29 is 18.0 Å². The summed E-state index contributed by atoms with van der Waals surface area (Å²) in [6.45, 7) is 6.92. The molecule has 3 rings (SSSR count). The zero-order valence-corrected chi connectivity index (χ0v) is 17.5. The number of amides is 1. The number of rotatable bonds is 5. The highest BCUT2D eigenvalue weighted by atomic mass is 19.2. The lowest BCUT2D eigenvalue weighted by atomic mass is 10.0. The van der Waals surface area contributed by atoms with Crippen LogP contribution in [0.2, 0.25) is 0 Å². The second-order valence-corrected chi connectivity index (χ2v) is 7.89. The number of nitrogen functional groups attached to an aromatic ring is 1. The van der Waals surface area contributed by atoms with Gasteiger partial charge < -0.3 is 11.1 Å². The van der Waals surface area contributed by atoms with Gasteiger partial charge in [0.25, 0.3) is 5.56 Å². The number of nitrogens with two attached hydrogens (primary N) is 1. The van der Waals surface area contributed by atoms with E-state index >= 15 is 0 Å². The maximum atomic E-state index is 14.9. The number of nitrogens with one attached hydrogen (secondary N) is 1. The quantitative estimate of drug-likeness (QED) is 0.592. The van der Waals surface area contributed by atoms with Gasteiger partial charge in [0.1, 0.15) is 11.3 Å². The van der Waals surface area contributed by atoms with Crippen LogP contribution >= 0.6 is 0 Å². The maximum Gasteiger partial charge on any atom is 0.260 e. The highest BCUT2D eigenvalue weighted by Gasteiger charge is 2.24. The van der Waals surface area contributed by atoms with Crippen LogP contribution in [-0.2, 0) is 4.79 Å². The van der Waals surface area contributed by atoms with E-state index in [0.717, 1.165) is 0 Å². The molecule has 164 valence electrons. The van der Waals surface area contributed by atoms with Gasteiger partial charge in [-0.1, -0.05) is 13.8 Å². The second-order valence-electron chi connectivity index (χ2n) is 7.89. The van der Waals surface area contributed by atoms with Crippen LogP contribution in [0.25, 0.3) is 22.2 Å². The van der Waals surface area contributed by atoms with E-state index in [-0.39, 0.29) is 29.5 Å². The van der Waals surface area contributed by atoms with Crippen LogP contribution in [0.15, 0.2) is 23.1 Å². The van der Waals surface area contributed by atoms with Gasteiger partial charge in [0.05, 0.1) is 5.56 Å². The number of carbonyl (C=O) groups is 1. The standard InChI is InChI=1S/C21H22F3N5O2/c1-9(2)5-15(30)27-18-14(22)7-12(16(23)17(18)24)13-6-11-8-26-21(25)28-19(11)29(10(3)4)20(13)31/h6-10H,5H2,1-4H3,(H,27,30)(H2,25,26,28). The molecule has 2 aromatic heterocycles. The molecule has 0 spiro atoms. The Bertz CT molecular complexity index is 1240. The fourth-order valence-corrected chi connectivity index (χ4v) is 3.27. The van der Waals surface area contributed by atoms with Crippen molar-refractivity contribution in [1.29, 1.82) is 0 Å². The third-order valence-electron chi connectivity index (χ3n) is 4.61. The van der Waals surface area contributed by atoms with Gasteiger partial charge in [-0.25, -0.2) is 18.2 Å². The first-order chi connectivity index (χ1) is 14.5. The van der Waals surface area contributed by atoms with Crippen molar-refractivity contribution in [2.24, 2.45) is 5.92 Å². The van der Waals surface area contributed by atoms with Crippen molar-refractivity contribution in [2.45, 2.75) is 40.2 Å². The number of carbonyl (C=O) groups excluding carboxylic acids is 1. The largest absolute Gasteiger partial charge is 0.368 e. The summed E-state index contributed by atoms with van der Waals surface area (Å²) < 4.78 is 45.5. The summed E-state index contributed by atoms with van der Waals surface area (Å²) in [5.41, 5.74) is 3.39. The molecule has 7 nitrogen and oxygen atoms in total. The molecule has 0 aliphatic heterocycles. The molecule has 10 heteroatoms.